The lowest BCUT2D eigenvalue weighted by molar-refractivity contribution is -0.114. The number of benzene rings is 4. The maximum absolute atomic E-state index is 9.44. The van der Waals surface area contributed by atoms with Gasteiger partial charge < -0.3 is 15.1 Å². The van der Waals surface area contributed by atoms with Crippen LogP contribution in [-0.2, 0) is 10.3 Å². The van der Waals surface area contributed by atoms with Crippen LogP contribution in [0.2, 0.25) is 0 Å². The van der Waals surface area contributed by atoms with Crippen LogP contribution in [0.3, 0.4) is 0 Å². The third kappa shape index (κ3) is 3.99. The minimum atomic E-state index is -0.304. The lowest BCUT2D eigenvalue weighted by atomic mass is 9.78. The first-order valence-corrected chi connectivity index (χ1v) is 12.4. The van der Waals surface area contributed by atoms with Gasteiger partial charge in [-0.05, 0) is 68.0 Å². The SMILES string of the molecule is CC(C)=O.N=C(N)c1ccc2c(c1)c1ccccc1n2C(c1ccccc1)(c1ccccc1)C1CC1. The first-order chi connectivity index (χ1) is 17.4. The molecule has 4 aromatic carbocycles. The molecule has 4 nitrogen and oxygen atoms in total. The molecule has 0 atom stereocenters. The van der Waals surface area contributed by atoms with Crippen LogP contribution in [-0.4, -0.2) is 16.2 Å². The predicted molar refractivity (Wildman–Crippen MR) is 149 cm³/mol. The molecule has 180 valence electrons. The van der Waals surface area contributed by atoms with Crippen molar-refractivity contribution in [2.24, 2.45) is 11.7 Å². The molecule has 1 saturated carbocycles. The summed E-state index contributed by atoms with van der Waals surface area (Å²) in [5.74, 6) is 0.780. The van der Waals surface area contributed by atoms with Crippen LogP contribution in [0.5, 0.6) is 0 Å². The first-order valence-electron chi connectivity index (χ1n) is 12.4. The molecule has 4 heteroatoms. The molecule has 1 aliphatic carbocycles. The summed E-state index contributed by atoms with van der Waals surface area (Å²) in [6.07, 6.45) is 2.40. The van der Waals surface area contributed by atoms with Crippen molar-refractivity contribution in [1.29, 1.82) is 5.41 Å². The van der Waals surface area contributed by atoms with Crippen molar-refractivity contribution in [3.05, 3.63) is 120 Å². The van der Waals surface area contributed by atoms with E-state index in [1.807, 2.05) is 6.07 Å². The summed E-state index contributed by atoms with van der Waals surface area (Å²) in [7, 11) is 0. The molecule has 0 spiro atoms. The number of hydrogen-bond donors (Lipinski definition) is 2. The zero-order valence-corrected chi connectivity index (χ0v) is 20.7. The van der Waals surface area contributed by atoms with Crippen LogP contribution < -0.4 is 5.73 Å². The van der Waals surface area contributed by atoms with E-state index in [1.165, 1.54) is 54.2 Å². The number of Topliss-reactive ketones (excluding diaryl/α,β-unsaturated/α-hetero) is 1. The van der Waals surface area contributed by atoms with Gasteiger partial charge >= 0.3 is 0 Å². The van der Waals surface area contributed by atoms with Crippen molar-refractivity contribution in [1.82, 2.24) is 4.57 Å². The molecular formula is C32H31N3O. The van der Waals surface area contributed by atoms with Crippen LogP contribution in [0.1, 0.15) is 43.4 Å². The molecule has 3 N–H and O–H groups in total. The summed E-state index contributed by atoms with van der Waals surface area (Å²) in [4.78, 5) is 9.44. The number of ketones is 1. The Morgan fingerprint density at radius 1 is 0.778 bits per heavy atom. The number of fused-ring (bicyclic) bond motifs is 3. The summed E-state index contributed by atoms with van der Waals surface area (Å²) in [5.41, 5.74) is 11.3. The van der Waals surface area contributed by atoms with Crippen molar-refractivity contribution in [3.8, 4) is 0 Å². The molecule has 1 heterocycles. The molecule has 1 fully saturated rings. The Morgan fingerprint density at radius 2 is 1.28 bits per heavy atom. The van der Waals surface area contributed by atoms with Crippen LogP contribution >= 0.6 is 0 Å². The molecular weight excluding hydrogens is 442 g/mol. The van der Waals surface area contributed by atoms with Crippen LogP contribution in [0, 0.1) is 11.3 Å². The third-order valence-electron chi connectivity index (χ3n) is 6.93. The highest BCUT2D eigenvalue weighted by Crippen LogP contribution is 2.54. The summed E-state index contributed by atoms with van der Waals surface area (Å²) in [5, 5.41) is 10.3. The molecule has 0 amide bonds. The fourth-order valence-electron chi connectivity index (χ4n) is 5.48. The van der Waals surface area contributed by atoms with E-state index < -0.39 is 0 Å². The smallest absolute Gasteiger partial charge is 0.126 e. The van der Waals surface area contributed by atoms with Crippen molar-refractivity contribution >= 4 is 33.4 Å². The van der Waals surface area contributed by atoms with Gasteiger partial charge in [-0.15, -0.1) is 0 Å². The largest absolute Gasteiger partial charge is 0.384 e. The minimum Gasteiger partial charge on any atom is -0.384 e. The van der Waals surface area contributed by atoms with E-state index in [4.69, 9.17) is 11.1 Å². The Labute approximate surface area is 211 Å². The quantitative estimate of drug-likeness (QED) is 0.216. The Bertz CT molecular complexity index is 1500. The lowest BCUT2D eigenvalue weighted by Gasteiger charge is -2.39. The second kappa shape index (κ2) is 9.46. The Kier molecular flexibility index (Phi) is 6.19. The van der Waals surface area contributed by atoms with E-state index in [9.17, 15) is 4.79 Å². The van der Waals surface area contributed by atoms with Gasteiger partial charge in [0.2, 0.25) is 0 Å². The van der Waals surface area contributed by atoms with Crippen LogP contribution in [0.4, 0.5) is 0 Å². The van der Waals surface area contributed by atoms with Gasteiger partial charge in [0.1, 0.15) is 11.6 Å². The van der Waals surface area contributed by atoms with E-state index in [0.717, 1.165) is 10.9 Å². The number of amidine groups is 1. The van der Waals surface area contributed by atoms with Gasteiger partial charge in [-0.2, -0.15) is 0 Å². The Morgan fingerprint density at radius 3 is 1.81 bits per heavy atom. The molecule has 0 unspecified atom stereocenters. The van der Waals surface area contributed by atoms with E-state index in [-0.39, 0.29) is 17.2 Å². The number of para-hydroxylation sites is 1. The Balaban J connectivity index is 0.000000623. The third-order valence-corrected chi connectivity index (χ3v) is 6.93. The number of aromatic nitrogens is 1. The molecule has 1 aliphatic rings. The maximum atomic E-state index is 9.44. The van der Waals surface area contributed by atoms with E-state index in [0.29, 0.717) is 5.92 Å². The molecule has 1 aromatic heterocycles. The highest BCUT2D eigenvalue weighted by atomic mass is 16.1. The van der Waals surface area contributed by atoms with Gasteiger partial charge in [-0.25, -0.2) is 0 Å². The highest BCUT2D eigenvalue weighted by Gasteiger charge is 2.50. The topological polar surface area (TPSA) is 71.9 Å². The second-order valence-electron chi connectivity index (χ2n) is 9.68. The second-order valence-corrected chi connectivity index (χ2v) is 9.68. The standard InChI is InChI=1S/C29H25N3.C3H6O/c30-28(31)20-15-18-27-25(19-20)24-13-7-8-14-26(24)32(27)29(23-16-17-23,21-9-3-1-4-10-21)22-11-5-2-6-12-22;1-3(2)4/h1-15,18-19,23H,16-17H2,(H3,30,31);1-2H3. The molecule has 0 bridgehead atoms. The number of rotatable bonds is 5. The summed E-state index contributed by atoms with van der Waals surface area (Å²) < 4.78 is 2.56. The average molecular weight is 474 g/mol. The van der Waals surface area contributed by atoms with E-state index in [1.54, 1.807) is 0 Å². The van der Waals surface area contributed by atoms with Crippen molar-refractivity contribution in [2.45, 2.75) is 32.2 Å². The van der Waals surface area contributed by atoms with E-state index in [2.05, 4.69) is 102 Å². The number of nitrogens with zero attached hydrogens (tertiary/aromatic N) is 1. The molecule has 5 aromatic rings. The van der Waals surface area contributed by atoms with Gasteiger partial charge in [0.05, 0.1) is 16.6 Å². The maximum Gasteiger partial charge on any atom is 0.126 e. The number of carbonyl (C=O) groups excluding carboxylic acids is 1. The van der Waals surface area contributed by atoms with Gasteiger partial charge in [0.15, 0.2) is 0 Å². The van der Waals surface area contributed by atoms with Crippen LogP contribution in [0.25, 0.3) is 21.8 Å². The van der Waals surface area contributed by atoms with Crippen molar-refractivity contribution < 1.29 is 4.79 Å². The van der Waals surface area contributed by atoms with Crippen LogP contribution in [0.15, 0.2) is 103 Å². The molecule has 0 radical (unpaired) electrons. The fraction of sp³-hybridized carbons (Fsp3) is 0.188. The normalized spacial score (nSPS) is 13.3. The summed E-state index contributed by atoms with van der Waals surface area (Å²) in [6.45, 7) is 3.06. The van der Waals surface area contributed by atoms with Crippen molar-refractivity contribution in [2.75, 3.05) is 0 Å². The van der Waals surface area contributed by atoms with Crippen molar-refractivity contribution in [3.63, 3.8) is 0 Å². The van der Waals surface area contributed by atoms with Gasteiger partial charge in [0, 0.05) is 16.3 Å². The highest BCUT2D eigenvalue weighted by molar-refractivity contribution is 6.11. The monoisotopic (exact) mass is 473 g/mol. The molecule has 6 rings (SSSR count). The molecule has 0 saturated heterocycles. The molecule has 36 heavy (non-hydrogen) atoms. The van der Waals surface area contributed by atoms with Gasteiger partial charge in [-0.1, -0.05) is 78.9 Å². The average Bonchev–Trinajstić information content (AvgIpc) is 3.68. The lowest BCUT2D eigenvalue weighted by Crippen LogP contribution is -2.38. The minimum absolute atomic E-state index is 0.100. The number of nitrogens with one attached hydrogen (secondary N) is 1. The number of nitrogens with two attached hydrogens (primary N) is 1. The van der Waals surface area contributed by atoms with Gasteiger partial charge in [-0.3, -0.25) is 5.41 Å². The number of carbonyl (C=O) groups is 1. The van der Waals surface area contributed by atoms with E-state index >= 15 is 0 Å². The Hall–Kier alpha value is -4.18. The first kappa shape index (κ1) is 23.6. The summed E-state index contributed by atoms with van der Waals surface area (Å²) in [6, 6.07) is 36.7. The zero-order valence-electron chi connectivity index (χ0n) is 20.7. The number of nitrogen functional groups attached to an aromatic ring is 1. The van der Waals surface area contributed by atoms with Gasteiger partial charge in [0.25, 0.3) is 0 Å². The number of hydrogen-bond acceptors (Lipinski definition) is 2. The zero-order chi connectivity index (χ0) is 25.3. The molecule has 0 aliphatic heterocycles. The predicted octanol–water partition coefficient (Wildman–Crippen LogP) is 6.88. The fourth-order valence-corrected chi connectivity index (χ4v) is 5.48. The summed E-state index contributed by atoms with van der Waals surface area (Å²) >= 11 is 0.